The average molecular weight is 679 g/mol. The number of carbonyl (C=O) groups is 1. The number of hydrogen-bond acceptors (Lipinski definition) is 10. The van der Waals surface area contributed by atoms with Gasteiger partial charge in [0, 0.05) is 32.2 Å². The second-order valence-corrected chi connectivity index (χ2v) is 14.2. The predicted molar refractivity (Wildman–Crippen MR) is 174 cm³/mol. The molecule has 2 saturated heterocycles. The highest BCUT2D eigenvalue weighted by atomic mass is 35.5. The van der Waals surface area contributed by atoms with Crippen LogP contribution in [0.5, 0.6) is 5.75 Å². The molecule has 1 aliphatic carbocycles. The highest BCUT2D eigenvalue weighted by Gasteiger charge is 2.45. The summed E-state index contributed by atoms with van der Waals surface area (Å²) in [6, 6.07) is 4.69. The van der Waals surface area contributed by atoms with E-state index in [1.165, 1.54) is 18.9 Å². The molecule has 0 radical (unpaired) electrons. The minimum atomic E-state index is -1.63. The zero-order chi connectivity index (χ0) is 33.6. The van der Waals surface area contributed by atoms with E-state index in [9.17, 15) is 29.6 Å². The molecule has 260 valence electrons. The number of amides is 1. The van der Waals surface area contributed by atoms with Crippen molar-refractivity contribution in [1.82, 2.24) is 14.9 Å². The van der Waals surface area contributed by atoms with E-state index in [0.29, 0.717) is 60.2 Å². The summed E-state index contributed by atoms with van der Waals surface area (Å²) < 4.78 is 20.6. The van der Waals surface area contributed by atoms with E-state index >= 15 is 0 Å². The van der Waals surface area contributed by atoms with Crippen LogP contribution in [0.4, 0.5) is 10.3 Å². The van der Waals surface area contributed by atoms with Gasteiger partial charge in [-0.25, -0.2) is 14.4 Å². The minimum absolute atomic E-state index is 0.0251. The Morgan fingerprint density at radius 2 is 1.66 bits per heavy atom. The van der Waals surface area contributed by atoms with Crippen LogP contribution in [0.2, 0.25) is 5.02 Å². The molecule has 1 saturated carbocycles. The first-order valence-electron chi connectivity index (χ1n) is 16.8. The molecule has 4 atom stereocenters. The van der Waals surface area contributed by atoms with Crippen LogP contribution in [0.25, 0.3) is 0 Å². The summed E-state index contributed by atoms with van der Waals surface area (Å²) in [5.74, 6) is 1.56. The molecule has 0 bridgehead atoms. The van der Waals surface area contributed by atoms with Crippen LogP contribution in [0.1, 0.15) is 63.4 Å². The Kier molecular flexibility index (Phi) is 12.3. The molecule has 47 heavy (non-hydrogen) atoms. The van der Waals surface area contributed by atoms with E-state index in [0.717, 1.165) is 44.7 Å². The van der Waals surface area contributed by atoms with Gasteiger partial charge in [-0.3, -0.25) is 4.79 Å². The molecule has 2 aliphatic heterocycles. The van der Waals surface area contributed by atoms with Gasteiger partial charge in [-0.05, 0) is 80.2 Å². The third kappa shape index (κ3) is 9.30. The topological polar surface area (TPSA) is 160 Å². The highest BCUT2D eigenvalue weighted by molar-refractivity contribution is 6.30. The fraction of sp³-hybridized carbons (Fsp3) is 0.676. The summed E-state index contributed by atoms with van der Waals surface area (Å²) in [4.78, 5) is 25.3. The maximum absolute atomic E-state index is 14.8. The zero-order valence-electron chi connectivity index (χ0n) is 26.8. The molecule has 3 aliphatic rings. The number of carbonyl (C=O) groups excluding carboxylic acids is 1. The Labute approximate surface area is 280 Å². The first-order chi connectivity index (χ1) is 22.6. The Morgan fingerprint density at radius 3 is 2.32 bits per heavy atom. The SMILES string of the molecule is O=C(Cc1ccc(OCCCC2CC3(CCN(c4ncc(Cl)cn4)CC3)C2)cc1F)N1CC(CCC[C@H](O)[C@@H](O)[C@H](O)[C@H](O)CO)C1. The Balaban J connectivity index is 0.925. The minimum Gasteiger partial charge on any atom is -0.493 e. The van der Waals surface area contributed by atoms with Gasteiger partial charge in [0.25, 0.3) is 0 Å². The third-order valence-electron chi connectivity index (χ3n) is 10.3. The van der Waals surface area contributed by atoms with Gasteiger partial charge in [0.05, 0.1) is 43.2 Å². The van der Waals surface area contributed by atoms with E-state index in [1.807, 2.05) is 0 Å². The maximum atomic E-state index is 14.8. The first kappa shape index (κ1) is 35.7. The van der Waals surface area contributed by atoms with Gasteiger partial charge in [0.15, 0.2) is 0 Å². The predicted octanol–water partition coefficient (Wildman–Crippen LogP) is 2.73. The van der Waals surface area contributed by atoms with Crippen molar-refractivity contribution in [1.29, 1.82) is 0 Å². The molecule has 1 aromatic carbocycles. The van der Waals surface area contributed by atoms with Gasteiger partial charge in [-0.1, -0.05) is 24.1 Å². The normalized spacial score (nSPS) is 20.7. The summed E-state index contributed by atoms with van der Waals surface area (Å²) in [7, 11) is 0. The number of aromatic nitrogens is 2. The smallest absolute Gasteiger partial charge is 0.227 e. The van der Waals surface area contributed by atoms with E-state index in [-0.39, 0.29) is 24.7 Å². The molecule has 3 heterocycles. The number of ether oxygens (including phenoxy) is 1. The summed E-state index contributed by atoms with van der Waals surface area (Å²) in [5.41, 5.74) is 0.772. The van der Waals surface area contributed by atoms with Crippen LogP contribution in [-0.2, 0) is 11.2 Å². The number of nitrogens with zero attached hydrogens (tertiary/aromatic N) is 4. The first-order valence-corrected chi connectivity index (χ1v) is 17.2. The summed E-state index contributed by atoms with van der Waals surface area (Å²) in [6.07, 6.45) is 5.61. The van der Waals surface area contributed by atoms with Crippen molar-refractivity contribution in [2.75, 3.05) is 44.3 Å². The number of rotatable bonds is 16. The molecule has 3 fully saturated rings. The summed E-state index contributed by atoms with van der Waals surface area (Å²) in [5, 5.41) is 48.5. The van der Waals surface area contributed by atoms with E-state index in [2.05, 4.69) is 14.9 Å². The lowest BCUT2D eigenvalue weighted by molar-refractivity contribution is -0.137. The molecule has 2 aromatic rings. The van der Waals surface area contributed by atoms with Crippen LogP contribution in [0.3, 0.4) is 0 Å². The lowest BCUT2D eigenvalue weighted by Gasteiger charge is -2.52. The van der Waals surface area contributed by atoms with Crippen LogP contribution in [0.15, 0.2) is 30.6 Å². The third-order valence-corrected chi connectivity index (χ3v) is 10.5. The van der Waals surface area contributed by atoms with Gasteiger partial charge in [0.2, 0.25) is 11.9 Å². The number of aliphatic hydroxyl groups excluding tert-OH is 5. The van der Waals surface area contributed by atoms with Crippen molar-refractivity contribution in [3.8, 4) is 5.75 Å². The number of benzene rings is 1. The van der Waals surface area contributed by atoms with Crippen LogP contribution in [-0.4, -0.2) is 110 Å². The van der Waals surface area contributed by atoms with E-state index < -0.39 is 36.8 Å². The number of hydrogen-bond donors (Lipinski definition) is 5. The monoisotopic (exact) mass is 678 g/mol. The van der Waals surface area contributed by atoms with Gasteiger partial charge in [0.1, 0.15) is 29.9 Å². The molecule has 5 N–H and O–H groups in total. The molecule has 1 aromatic heterocycles. The molecule has 11 nitrogen and oxygen atoms in total. The quantitative estimate of drug-likeness (QED) is 0.167. The van der Waals surface area contributed by atoms with Gasteiger partial charge < -0.3 is 40.1 Å². The van der Waals surface area contributed by atoms with Gasteiger partial charge >= 0.3 is 0 Å². The number of likely N-dealkylation sites (tertiary alicyclic amines) is 1. The molecule has 0 unspecified atom stereocenters. The van der Waals surface area contributed by atoms with Crippen LogP contribution in [0, 0.1) is 23.1 Å². The van der Waals surface area contributed by atoms with Gasteiger partial charge in [-0.15, -0.1) is 0 Å². The van der Waals surface area contributed by atoms with Crippen LogP contribution < -0.4 is 9.64 Å². The lowest BCUT2D eigenvalue weighted by Crippen LogP contribution is -2.50. The van der Waals surface area contributed by atoms with Crippen molar-refractivity contribution in [2.24, 2.45) is 17.3 Å². The van der Waals surface area contributed by atoms with Crippen LogP contribution >= 0.6 is 11.6 Å². The molecule has 1 spiro atoms. The van der Waals surface area contributed by atoms with Crippen molar-refractivity contribution in [3.63, 3.8) is 0 Å². The summed E-state index contributed by atoms with van der Waals surface area (Å²) >= 11 is 5.91. The van der Waals surface area contributed by atoms with Gasteiger partial charge in [-0.2, -0.15) is 0 Å². The van der Waals surface area contributed by atoms with Crippen molar-refractivity contribution >= 4 is 23.5 Å². The Hall–Kier alpha value is -2.61. The van der Waals surface area contributed by atoms with Crippen molar-refractivity contribution in [2.45, 2.75) is 88.6 Å². The maximum Gasteiger partial charge on any atom is 0.227 e. The number of piperidine rings is 1. The second-order valence-electron chi connectivity index (χ2n) is 13.8. The fourth-order valence-electron chi connectivity index (χ4n) is 7.33. The zero-order valence-corrected chi connectivity index (χ0v) is 27.5. The largest absolute Gasteiger partial charge is 0.493 e. The summed E-state index contributed by atoms with van der Waals surface area (Å²) in [6.45, 7) is 2.84. The van der Waals surface area contributed by atoms with E-state index in [4.69, 9.17) is 21.4 Å². The highest BCUT2D eigenvalue weighted by Crippen LogP contribution is 2.54. The molecular weight excluding hydrogens is 631 g/mol. The number of aliphatic hydroxyl groups is 5. The molecular formula is C34H48ClFN4O7. The second kappa shape index (κ2) is 16.2. The fourth-order valence-corrected chi connectivity index (χ4v) is 7.43. The number of halogens is 2. The van der Waals surface area contributed by atoms with E-state index in [1.54, 1.807) is 29.4 Å². The molecule has 5 rings (SSSR count). The van der Waals surface area contributed by atoms with Crippen molar-refractivity contribution < 1.29 is 39.5 Å². The van der Waals surface area contributed by atoms with Crippen molar-refractivity contribution in [3.05, 3.63) is 47.0 Å². The average Bonchev–Trinajstić information content (AvgIpc) is 3.03. The Morgan fingerprint density at radius 1 is 1.00 bits per heavy atom. The Bertz CT molecular complexity index is 1300. The molecule has 1 amide bonds. The lowest BCUT2D eigenvalue weighted by atomic mass is 9.56. The number of anilines is 1. The molecule has 13 heteroatoms. The standard InChI is InChI=1S/C34H48ClFN4O7/c35-25-17-37-33(38-18-25)39-10-8-34(9-11-39)15-22(16-34)4-2-12-47-26-7-6-24(27(36)14-26)13-30(44)40-19-23(20-40)3-1-5-28(42)31(45)32(46)29(43)21-41/h6-7,14,17-18,22-23,28-29,31-32,41-43,45-46H,1-5,8-13,15-16,19-21H2/t28-,29+,31+,32+/m0/s1.